The van der Waals surface area contributed by atoms with Crippen molar-refractivity contribution in [2.75, 3.05) is 0 Å². The van der Waals surface area contributed by atoms with Gasteiger partial charge in [0.25, 0.3) is 0 Å². The third-order valence-corrected chi connectivity index (χ3v) is 12.9. The number of aryl methyl sites for hydroxylation is 1. The van der Waals surface area contributed by atoms with E-state index in [2.05, 4.69) is 143 Å². The summed E-state index contributed by atoms with van der Waals surface area (Å²) >= 11 is 0. The highest BCUT2D eigenvalue weighted by Gasteiger charge is 2.69. The summed E-state index contributed by atoms with van der Waals surface area (Å²) in [6.45, 7) is 27.4. The van der Waals surface area contributed by atoms with Gasteiger partial charge in [-0.05, 0) is 114 Å². The zero-order chi connectivity index (χ0) is 31.2. The highest BCUT2D eigenvalue weighted by Crippen LogP contribution is 2.75. The standard InChI is InChI=1S/C44H50/c1-23(2)34-36(24(3)4)44(37(34)25(5)6)33-21-20-30-39(35(33)31-22-26(7)27-16-12-13-17-28(27)38(31)44)43(10,11)40-29-18-14-15-19-32(29)42(8,9)41(30)40/h12-25,34,36-37H,1-11H3. The monoisotopic (exact) mass is 578 g/mol. The predicted octanol–water partition coefficient (Wildman–Crippen LogP) is 11.7. The van der Waals surface area contributed by atoms with E-state index in [-0.39, 0.29) is 16.2 Å². The Morgan fingerprint density at radius 2 is 1.14 bits per heavy atom. The lowest BCUT2D eigenvalue weighted by Crippen LogP contribution is -2.64. The highest BCUT2D eigenvalue weighted by atomic mass is 14.7. The van der Waals surface area contributed by atoms with Crippen LogP contribution < -0.4 is 0 Å². The molecule has 0 nitrogen and oxygen atoms in total. The Morgan fingerprint density at radius 1 is 0.545 bits per heavy atom. The number of benzene rings is 4. The first-order valence-electron chi connectivity index (χ1n) is 17.4. The average Bonchev–Trinajstić information content (AvgIpc) is 3.48. The molecule has 0 N–H and O–H groups in total. The molecule has 0 amide bonds. The normalized spacial score (nSPS) is 26.8. The molecule has 4 aliphatic rings. The molecule has 0 heterocycles. The fourth-order valence-electron chi connectivity index (χ4n) is 11.9. The van der Waals surface area contributed by atoms with E-state index in [1.54, 1.807) is 33.4 Å². The van der Waals surface area contributed by atoms with Crippen LogP contribution >= 0.6 is 0 Å². The van der Waals surface area contributed by atoms with Crippen LogP contribution in [0.3, 0.4) is 0 Å². The van der Waals surface area contributed by atoms with Crippen molar-refractivity contribution >= 4 is 21.9 Å². The van der Waals surface area contributed by atoms with E-state index in [0.717, 1.165) is 0 Å². The summed E-state index contributed by atoms with van der Waals surface area (Å²) in [6.07, 6.45) is 0. The minimum Gasteiger partial charge on any atom is -0.0625 e. The van der Waals surface area contributed by atoms with Gasteiger partial charge in [-0.3, -0.25) is 0 Å². The zero-order valence-corrected chi connectivity index (χ0v) is 28.8. The quantitative estimate of drug-likeness (QED) is 0.227. The molecule has 0 saturated heterocycles. The lowest BCUT2D eigenvalue weighted by molar-refractivity contribution is -0.105. The Kier molecular flexibility index (Phi) is 5.66. The van der Waals surface area contributed by atoms with Gasteiger partial charge in [-0.15, -0.1) is 0 Å². The molecular weight excluding hydrogens is 528 g/mol. The maximum absolute atomic E-state index is 2.63. The van der Waals surface area contributed by atoms with Crippen LogP contribution in [0, 0.1) is 42.4 Å². The molecule has 226 valence electrons. The van der Waals surface area contributed by atoms with Crippen LogP contribution in [0.1, 0.15) is 108 Å². The van der Waals surface area contributed by atoms with Crippen molar-refractivity contribution in [1.82, 2.24) is 0 Å². The van der Waals surface area contributed by atoms with Gasteiger partial charge in [-0.25, -0.2) is 0 Å². The van der Waals surface area contributed by atoms with E-state index >= 15 is 0 Å². The molecule has 4 aromatic rings. The molecule has 2 unspecified atom stereocenters. The van der Waals surface area contributed by atoms with Crippen molar-refractivity contribution in [2.24, 2.45) is 35.5 Å². The number of fused-ring (bicyclic) bond motifs is 12. The van der Waals surface area contributed by atoms with Gasteiger partial charge in [0.15, 0.2) is 0 Å². The maximum atomic E-state index is 2.63. The SMILES string of the molecule is Cc1cc2c(c3ccccc13)C1(c3ccc4c(c3-2)C(C)(C)C2=C4C(C)(C)c3ccccc32)C(C(C)C)C(C(C)C)C1C(C)C. The number of rotatable bonds is 3. The Balaban J connectivity index is 1.52. The first kappa shape index (κ1) is 28.4. The van der Waals surface area contributed by atoms with Crippen LogP contribution in [0.25, 0.3) is 33.0 Å². The van der Waals surface area contributed by atoms with Gasteiger partial charge in [0.2, 0.25) is 0 Å². The van der Waals surface area contributed by atoms with Gasteiger partial charge in [-0.1, -0.05) is 136 Å². The van der Waals surface area contributed by atoms with Gasteiger partial charge in [-0.2, -0.15) is 0 Å². The minimum absolute atomic E-state index is 0.0126. The molecule has 2 atom stereocenters. The van der Waals surface area contributed by atoms with Crippen molar-refractivity contribution in [2.45, 2.75) is 92.4 Å². The van der Waals surface area contributed by atoms with Crippen LogP contribution in [0.4, 0.5) is 0 Å². The van der Waals surface area contributed by atoms with E-state index in [4.69, 9.17) is 0 Å². The van der Waals surface area contributed by atoms with Gasteiger partial charge in [0, 0.05) is 16.2 Å². The molecule has 1 saturated carbocycles. The van der Waals surface area contributed by atoms with E-state index in [1.807, 2.05) is 0 Å². The number of hydrogen-bond donors (Lipinski definition) is 0. The molecule has 4 aromatic carbocycles. The topological polar surface area (TPSA) is 0 Å². The molecule has 1 spiro atoms. The molecule has 0 radical (unpaired) electrons. The van der Waals surface area contributed by atoms with Gasteiger partial charge < -0.3 is 0 Å². The molecule has 0 aromatic heterocycles. The van der Waals surface area contributed by atoms with E-state index in [0.29, 0.717) is 35.5 Å². The molecule has 0 heteroatoms. The van der Waals surface area contributed by atoms with Crippen LogP contribution in [-0.2, 0) is 16.2 Å². The molecule has 1 fully saturated rings. The van der Waals surface area contributed by atoms with Gasteiger partial charge in [0.05, 0.1) is 0 Å². The first-order chi connectivity index (χ1) is 20.8. The van der Waals surface area contributed by atoms with Crippen molar-refractivity contribution in [3.8, 4) is 11.1 Å². The van der Waals surface area contributed by atoms with E-state index in [9.17, 15) is 0 Å². The van der Waals surface area contributed by atoms with Crippen molar-refractivity contribution in [3.63, 3.8) is 0 Å². The average molecular weight is 579 g/mol. The molecule has 0 aliphatic heterocycles. The lowest BCUT2D eigenvalue weighted by Gasteiger charge is -2.66. The van der Waals surface area contributed by atoms with E-state index < -0.39 is 0 Å². The van der Waals surface area contributed by atoms with Crippen molar-refractivity contribution < 1.29 is 0 Å². The Bertz CT molecular complexity index is 1900. The first-order valence-corrected chi connectivity index (χ1v) is 17.4. The predicted molar refractivity (Wildman–Crippen MR) is 189 cm³/mol. The zero-order valence-electron chi connectivity index (χ0n) is 28.8. The fraction of sp³-hybridized carbons (Fsp3) is 0.455. The summed E-state index contributed by atoms with van der Waals surface area (Å²) in [6, 6.07) is 26.4. The highest BCUT2D eigenvalue weighted by molar-refractivity contribution is 6.12. The number of allylic oxidation sites excluding steroid dienone is 2. The number of hydrogen-bond acceptors (Lipinski definition) is 0. The van der Waals surface area contributed by atoms with Crippen molar-refractivity contribution in [3.05, 3.63) is 106 Å². The second-order valence-corrected chi connectivity index (χ2v) is 16.8. The third-order valence-electron chi connectivity index (χ3n) is 12.9. The summed E-state index contributed by atoms with van der Waals surface area (Å²) in [5, 5.41) is 2.93. The third kappa shape index (κ3) is 3.02. The van der Waals surface area contributed by atoms with Crippen LogP contribution in [0.5, 0.6) is 0 Å². The van der Waals surface area contributed by atoms with E-state index in [1.165, 1.54) is 38.6 Å². The van der Waals surface area contributed by atoms with Gasteiger partial charge in [0.1, 0.15) is 0 Å². The summed E-state index contributed by atoms with van der Waals surface area (Å²) in [7, 11) is 0. The second kappa shape index (κ2) is 8.78. The van der Waals surface area contributed by atoms with Crippen LogP contribution in [-0.4, -0.2) is 0 Å². The van der Waals surface area contributed by atoms with Crippen LogP contribution in [0.2, 0.25) is 0 Å². The lowest BCUT2D eigenvalue weighted by atomic mass is 9.37. The summed E-state index contributed by atoms with van der Waals surface area (Å²) in [4.78, 5) is 0. The molecular formula is C44H50. The maximum Gasteiger partial charge on any atom is 0.0288 e. The Morgan fingerprint density at radius 3 is 1.77 bits per heavy atom. The van der Waals surface area contributed by atoms with Crippen LogP contribution in [0.15, 0.2) is 66.7 Å². The summed E-state index contributed by atoms with van der Waals surface area (Å²) in [5.74, 6) is 3.81. The largest absolute Gasteiger partial charge is 0.0625 e. The fourth-order valence-corrected chi connectivity index (χ4v) is 11.9. The molecule has 4 aliphatic carbocycles. The molecule has 0 bridgehead atoms. The summed E-state index contributed by atoms with van der Waals surface area (Å²) in [5.41, 5.74) is 16.9. The molecule has 44 heavy (non-hydrogen) atoms. The second-order valence-electron chi connectivity index (χ2n) is 16.8. The van der Waals surface area contributed by atoms with Crippen molar-refractivity contribution in [1.29, 1.82) is 0 Å². The van der Waals surface area contributed by atoms with Gasteiger partial charge >= 0.3 is 0 Å². The smallest absolute Gasteiger partial charge is 0.0288 e. The summed E-state index contributed by atoms with van der Waals surface area (Å²) < 4.78 is 0. The Labute approximate surface area is 266 Å². The molecule has 8 rings (SSSR count). The Hall–Kier alpha value is -3.12. The minimum atomic E-state index is -0.0793.